The third-order valence-electron chi connectivity index (χ3n) is 2.11. The van der Waals surface area contributed by atoms with E-state index >= 15 is 0 Å². The summed E-state index contributed by atoms with van der Waals surface area (Å²) in [4.78, 5) is 12.8. The van der Waals surface area contributed by atoms with Crippen molar-refractivity contribution in [3.8, 4) is 0 Å². The topological polar surface area (TPSA) is 63.1 Å². The molecule has 0 atom stereocenters. The van der Waals surface area contributed by atoms with Crippen LogP contribution in [0.4, 0.5) is 0 Å². The zero-order valence-electron chi connectivity index (χ0n) is 9.40. The number of carbonyl (C=O) groups excluding carboxylic acids is 1. The van der Waals surface area contributed by atoms with E-state index < -0.39 is 0 Å². The molecule has 0 saturated heterocycles. The molecule has 1 rings (SSSR count). The summed E-state index contributed by atoms with van der Waals surface area (Å²) < 4.78 is 1.87. The number of hydrogen-bond donors (Lipinski definition) is 1. The smallest absolute Gasteiger partial charge is 0.236 e. The molecule has 1 heterocycles. The highest BCUT2D eigenvalue weighted by atomic mass is 16.2. The van der Waals surface area contributed by atoms with Gasteiger partial charge in [-0.25, -0.2) is 0 Å². The monoisotopic (exact) mass is 211 g/mol. The van der Waals surface area contributed by atoms with Gasteiger partial charge in [-0.1, -0.05) is 0 Å². The van der Waals surface area contributed by atoms with Gasteiger partial charge in [0.05, 0.1) is 6.54 Å². The summed E-state index contributed by atoms with van der Waals surface area (Å²) in [6.45, 7) is 1.09. The van der Waals surface area contributed by atoms with Crippen LogP contribution >= 0.6 is 0 Å². The maximum atomic E-state index is 11.2. The maximum Gasteiger partial charge on any atom is 0.236 e. The van der Waals surface area contributed by atoms with Gasteiger partial charge in [0.2, 0.25) is 5.91 Å². The van der Waals surface area contributed by atoms with E-state index in [2.05, 4.69) is 15.5 Å². The molecule has 6 nitrogen and oxygen atoms in total. The molecular weight excluding hydrogens is 194 g/mol. The summed E-state index contributed by atoms with van der Waals surface area (Å²) in [5.74, 6) is 0.993. The van der Waals surface area contributed by atoms with Crippen LogP contribution in [0.25, 0.3) is 0 Å². The summed E-state index contributed by atoms with van der Waals surface area (Å²) in [7, 11) is 5.39. The molecule has 0 aromatic carbocycles. The third-order valence-corrected chi connectivity index (χ3v) is 2.11. The minimum absolute atomic E-state index is 0.0768. The van der Waals surface area contributed by atoms with Gasteiger partial charge in [-0.2, -0.15) is 0 Å². The molecule has 1 aromatic heterocycles. The molecule has 0 saturated carbocycles. The number of carbonyl (C=O) groups is 1. The lowest BCUT2D eigenvalue weighted by Crippen LogP contribution is -2.34. The summed E-state index contributed by atoms with van der Waals surface area (Å²) >= 11 is 0. The second kappa shape index (κ2) is 5.45. The number of aryl methyl sites for hydroxylation is 1. The average molecular weight is 211 g/mol. The molecule has 84 valence electrons. The maximum absolute atomic E-state index is 11.2. The van der Waals surface area contributed by atoms with Crippen LogP contribution < -0.4 is 5.32 Å². The van der Waals surface area contributed by atoms with E-state index in [-0.39, 0.29) is 5.91 Å². The first-order chi connectivity index (χ1) is 7.11. The molecule has 1 aromatic rings. The van der Waals surface area contributed by atoms with Gasteiger partial charge >= 0.3 is 0 Å². The number of aromatic nitrogens is 3. The standard InChI is InChI=1S/C9H17N5O/c1-13(2)9(15)6-10-5-4-8-12-11-7-14(8)3/h7,10H,4-6H2,1-3H3. The van der Waals surface area contributed by atoms with Gasteiger partial charge in [0.15, 0.2) is 0 Å². The molecule has 0 bridgehead atoms. The van der Waals surface area contributed by atoms with Crippen LogP contribution in [0, 0.1) is 0 Å². The summed E-state index contributed by atoms with van der Waals surface area (Å²) in [6.07, 6.45) is 2.44. The van der Waals surface area contributed by atoms with Gasteiger partial charge in [0.1, 0.15) is 12.2 Å². The van der Waals surface area contributed by atoms with Crippen LogP contribution in [0.2, 0.25) is 0 Å². The Labute approximate surface area is 89.3 Å². The Bertz CT molecular complexity index is 320. The Balaban J connectivity index is 2.18. The highest BCUT2D eigenvalue weighted by Crippen LogP contribution is 1.90. The second-order valence-corrected chi connectivity index (χ2v) is 3.57. The zero-order valence-corrected chi connectivity index (χ0v) is 9.40. The number of hydrogen-bond acceptors (Lipinski definition) is 4. The van der Waals surface area contributed by atoms with Crippen molar-refractivity contribution >= 4 is 5.91 Å². The molecule has 0 aliphatic carbocycles. The fourth-order valence-corrected chi connectivity index (χ4v) is 1.09. The third kappa shape index (κ3) is 3.67. The molecule has 0 fully saturated rings. The summed E-state index contributed by atoms with van der Waals surface area (Å²) in [6, 6.07) is 0. The number of likely N-dealkylation sites (N-methyl/N-ethyl adjacent to an activating group) is 1. The minimum Gasteiger partial charge on any atom is -0.348 e. The lowest BCUT2D eigenvalue weighted by molar-refractivity contribution is -0.127. The first-order valence-corrected chi connectivity index (χ1v) is 4.85. The Morgan fingerprint density at radius 2 is 2.33 bits per heavy atom. The van der Waals surface area contributed by atoms with Crippen molar-refractivity contribution in [1.82, 2.24) is 25.0 Å². The highest BCUT2D eigenvalue weighted by molar-refractivity contribution is 5.77. The molecule has 1 amide bonds. The number of rotatable bonds is 5. The SMILES string of the molecule is CN(C)C(=O)CNCCc1nncn1C. The quantitative estimate of drug-likeness (QED) is 0.637. The van der Waals surface area contributed by atoms with E-state index in [0.717, 1.165) is 18.8 Å². The Kier molecular flexibility index (Phi) is 4.23. The van der Waals surface area contributed by atoms with Crippen LogP contribution in [-0.4, -0.2) is 52.8 Å². The summed E-state index contributed by atoms with van der Waals surface area (Å²) in [5.41, 5.74) is 0. The molecule has 6 heteroatoms. The van der Waals surface area contributed by atoms with Crippen LogP contribution in [0.15, 0.2) is 6.33 Å². The van der Waals surface area contributed by atoms with Gasteiger partial charge in [-0.05, 0) is 0 Å². The van der Waals surface area contributed by atoms with Crippen molar-refractivity contribution in [2.45, 2.75) is 6.42 Å². The van der Waals surface area contributed by atoms with E-state index in [1.807, 2.05) is 11.6 Å². The molecule has 15 heavy (non-hydrogen) atoms. The van der Waals surface area contributed by atoms with Gasteiger partial charge in [-0.15, -0.1) is 10.2 Å². The average Bonchev–Trinajstić information content (AvgIpc) is 2.58. The van der Waals surface area contributed by atoms with Gasteiger partial charge in [0.25, 0.3) is 0 Å². The normalized spacial score (nSPS) is 10.3. The number of nitrogens with zero attached hydrogens (tertiary/aromatic N) is 4. The van der Waals surface area contributed by atoms with Crippen molar-refractivity contribution < 1.29 is 4.79 Å². The van der Waals surface area contributed by atoms with Crippen LogP contribution in [0.1, 0.15) is 5.82 Å². The zero-order chi connectivity index (χ0) is 11.3. The fourth-order valence-electron chi connectivity index (χ4n) is 1.09. The van der Waals surface area contributed by atoms with Crippen molar-refractivity contribution in [3.63, 3.8) is 0 Å². The Morgan fingerprint density at radius 3 is 2.87 bits per heavy atom. The van der Waals surface area contributed by atoms with E-state index in [4.69, 9.17) is 0 Å². The minimum atomic E-state index is 0.0768. The van der Waals surface area contributed by atoms with Gasteiger partial charge in [0, 0.05) is 34.1 Å². The van der Waals surface area contributed by atoms with Crippen molar-refractivity contribution in [3.05, 3.63) is 12.2 Å². The molecule has 0 aliphatic heterocycles. The molecular formula is C9H17N5O. The second-order valence-electron chi connectivity index (χ2n) is 3.57. The summed E-state index contributed by atoms with van der Waals surface area (Å²) in [5, 5.41) is 10.8. The van der Waals surface area contributed by atoms with Crippen molar-refractivity contribution in [2.24, 2.45) is 7.05 Å². The first-order valence-electron chi connectivity index (χ1n) is 4.85. The van der Waals surface area contributed by atoms with Crippen LogP contribution in [0.3, 0.4) is 0 Å². The Hall–Kier alpha value is -1.43. The molecule has 0 unspecified atom stereocenters. The lowest BCUT2D eigenvalue weighted by atomic mass is 10.4. The lowest BCUT2D eigenvalue weighted by Gasteiger charge is -2.10. The molecule has 0 radical (unpaired) electrons. The van der Waals surface area contributed by atoms with Gasteiger partial charge in [-0.3, -0.25) is 4.79 Å². The van der Waals surface area contributed by atoms with Crippen molar-refractivity contribution in [1.29, 1.82) is 0 Å². The number of nitrogens with one attached hydrogen (secondary N) is 1. The van der Waals surface area contributed by atoms with E-state index in [9.17, 15) is 4.79 Å². The molecule has 1 N–H and O–H groups in total. The first kappa shape index (κ1) is 11.6. The van der Waals surface area contributed by atoms with E-state index in [1.165, 1.54) is 0 Å². The highest BCUT2D eigenvalue weighted by Gasteiger charge is 2.03. The predicted molar refractivity (Wildman–Crippen MR) is 56.3 cm³/mol. The van der Waals surface area contributed by atoms with Gasteiger partial charge < -0.3 is 14.8 Å². The van der Waals surface area contributed by atoms with E-state index in [1.54, 1.807) is 25.3 Å². The number of amides is 1. The van der Waals surface area contributed by atoms with Crippen molar-refractivity contribution in [2.75, 3.05) is 27.2 Å². The molecule has 0 aliphatic rings. The fraction of sp³-hybridized carbons (Fsp3) is 0.667. The largest absolute Gasteiger partial charge is 0.348 e. The Morgan fingerprint density at radius 1 is 1.60 bits per heavy atom. The van der Waals surface area contributed by atoms with Crippen LogP contribution in [0.5, 0.6) is 0 Å². The van der Waals surface area contributed by atoms with Crippen LogP contribution in [-0.2, 0) is 18.3 Å². The molecule has 0 spiro atoms. The predicted octanol–water partition coefficient (Wildman–Crippen LogP) is -0.965. The van der Waals surface area contributed by atoms with E-state index in [0.29, 0.717) is 6.54 Å².